The smallest absolute Gasteiger partial charge is 0.273 e. The third-order valence-corrected chi connectivity index (χ3v) is 6.92. The van der Waals surface area contributed by atoms with Gasteiger partial charge >= 0.3 is 0 Å². The van der Waals surface area contributed by atoms with E-state index in [1.54, 1.807) is 16.7 Å². The number of hydrogen-bond donors (Lipinski definition) is 1. The molecule has 1 aromatic heterocycles. The van der Waals surface area contributed by atoms with Gasteiger partial charge in [-0.05, 0) is 63.4 Å². The first kappa shape index (κ1) is 24.3. The molecule has 1 aliphatic heterocycles. The molecule has 2 aliphatic rings. The summed E-state index contributed by atoms with van der Waals surface area (Å²) in [5.74, 6) is 0.518. The molecule has 0 spiro atoms. The second kappa shape index (κ2) is 10.6. The average Bonchev–Trinajstić information content (AvgIpc) is 3.26. The van der Waals surface area contributed by atoms with E-state index in [9.17, 15) is 9.59 Å². The van der Waals surface area contributed by atoms with Crippen LogP contribution >= 0.6 is 0 Å². The Bertz CT molecular complexity index is 997. The molecule has 1 saturated carbocycles. The predicted octanol–water partition coefficient (Wildman–Crippen LogP) is 3.65. The summed E-state index contributed by atoms with van der Waals surface area (Å²) in [7, 11) is 1.64. The van der Waals surface area contributed by atoms with Crippen LogP contribution in [0.15, 0.2) is 30.3 Å². The molecule has 2 aromatic rings. The van der Waals surface area contributed by atoms with E-state index in [0.29, 0.717) is 44.1 Å². The van der Waals surface area contributed by atoms with Crippen molar-refractivity contribution in [1.29, 1.82) is 0 Å². The van der Waals surface area contributed by atoms with Gasteiger partial charge in [0.2, 0.25) is 5.91 Å². The summed E-state index contributed by atoms with van der Waals surface area (Å²) < 4.78 is 12.4. The van der Waals surface area contributed by atoms with E-state index in [1.165, 1.54) is 6.42 Å². The predicted molar refractivity (Wildman–Crippen MR) is 130 cm³/mol. The molecular weight excluding hydrogens is 432 g/mol. The monoisotopic (exact) mass is 468 g/mol. The zero-order chi connectivity index (χ0) is 24.1. The number of methoxy groups -OCH3 is 1. The second-order valence-electron chi connectivity index (χ2n) is 9.42. The Morgan fingerprint density at radius 1 is 1.21 bits per heavy atom. The van der Waals surface area contributed by atoms with E-state index >= 15 is 0 Å². The van der Waals surface area contributed by atoms with Gasteiger partial charge in [-0.3, -0.25) is 14.3 Å². The van der Waals surface area contributed by atoms with E-state index in [1.807, 2.05) is 44.2 Å². The molecule has 1 aliphatic carbocycles. The molecule has 2 heterocycles. The largest absolute Gasteiger partial charge is 0.494 e. The van der Waals surface area contributed by atoms with E-state index < -0.39 is 5.54 Å². The zero-order valence-corrected chi connectivity index (χ0v) is 20.5. The van der Waals surface area contributed by atoms with E-state index in [0.717, 1.165) is 37.0 Å². The van der Waals surface area contributed by atoms with Gasteiger partial charge in [0.05, 0.1) is 18.8 Å². The highest BCUT2D eigenvalue weighted by Gasteiger charge is 2.48. The molecule has 0 bridgehead atoms. The number of aromatic nitrogens is 2. The first-order chi connectivity index (χ1) is 16.5. The Kier molecular flexibility index (Phi) is 7.56. The molecule has 8 heteroatoms. The number of benzene rings is 1. The molecule has 184 valence electrons. The normalized spacial score (nSPS) is 20.8. The van der Waals surface area contributed by atoms with Gasteiger partial charge in [-0.1, -0.05) is 19.3 Å². The molecule has 0 unspecified atom stereocenters. The summed E-state index contributed by atoms with van der Waals surface area (Å²) in [6.07, 6.45) is 6.13. The SMILES string of the molecule is CCOc1ccc(-c2cc3n(n2)C[C@](C)(C(=O)NC2CCCCC2)N(CCCOC)C3=O)cc1. The van der Waals surface area contributed by atoms with Crippen LogP contribution in [0.25, 0.3) is 11.3 Å². The standard InChI is InChI=1S/C26H36N4O4/c1-4-34-21-13-11-19(12-14-21)22-17-23-24(31)29(15-8-16-33-3)26(2,18-30(23)28-22)25(32)27-20-9-6-5-7-10-20/h11-14,17,20H,4-10,15-16,18H2,1-3H3,(H,27,32)/t26-/m1/s1. The number of ether oxygens (including phenoxy) is 2. The fourth-order valence-electron chi connectivity index (χ4n) is 4.98. The number of nitrogens with one attached hydrogen (secondary N) is 1. The highest BCUT2D eigenvalue weighted by molar-refractivity contribution is 6.00. The second-order valence-corrected chi connectivity index (χ2v) is 9.42. The van der Waals surface area contributed by atoms with Crippen LogP contribution in [0.4, 0.5) is 0 Å². The number of amides is 2. The average molecular weight is 469 g/mol. The van der Waals surface area contributed by atoms with Crippen LogP contribution in [-0.4, -0.2) is 64.9 Å². The van der Waals surface area contributed by atoms with Crippen molar-refractivity contribution >= 4 is 11.8 Å². The van der Waals surface area contributed by atoms with Crippen LogP contribution in [0, 0.1) is 0 Å². The van der Waals surface area contributed by atoms with Crippen molar-refractivity contribution in [1.82, 2.24) is 20.0 Å². The summed E-state index contributed by atoms with van der Waals surface area (Å²) in [6.45, 7) is 5.70. The number of fused-ring (bicyclic) bond motifs is 1. The van der Waals surface area contributed by atoms with Gasteiger partial charge in [-0.2, -0.15) is 5.10 Å². The van der Waals surface area contributed by atoms with Gasteiger partial charge < -0.3 is 19.7 Å². The molecule has 2 amide bonds. The number of carbonyl (C=O) groups is 2. The number of carbonyl (C=O) groups excluding carboxylic acids is 2. The molecular formula is C26H36N4O4. The summed E-state index contributed by atoms with van der Waals surface area (Å²) in [5.41, 5.74) is 1.10. The minimum absolute atomic E-state index is 0.103. The third-order valence-electron chi connectivity index (χ3n) is 6.92. The number of hydrogen-bond acceptors (Lipinski definition) is 5. The fourth-order valence-corrected chi connectivity index (χ4v) is 4.98. The van der Waals surface area contributed by atoms with Crippen LogP contribution in [0.1, 0.15) is 62.9 Å². The van der Waals surface area contributed by atoms with Crippen LogP contribution in [0.3, 0.4) is 0 Å². The fraction of sp³-hybridized carbons (Fsp3) is 0.577. The quantitative estimate of drug-likeness (QED) is 0.568. The Balaban J connectivity index is 1.61. The summed E-state index contributed by atoms with van der Waals surface area (Å²) >= 11 is 0. The van der Waals surface area contributed by atoms with Crippen molar-refractivity contribution < 1.29 is 19.1 Å². The number of rotatable bonds is 9. The lowest BCUT2D eigenvalue weighted by Gasteiger charge is -2.44. The Morgan fingerprint density at radius 3 is 2.62 bits per heavy atom. The van der Waals surface area contributed by atoms with E-state index in [-0.39, 0.29) is 17.9 Å². The Hall–Kier alpha value is -2.87. The minimum atomic E-state index is -1.02. The van der Waals surface area contributed by atoms with Crippen molar-refractivity contribution in [3.63, 3.8) is 0 Å². The number of nitrogens with zero attached hydrogens (tertiary/aromatic N) is 3. The minimum Gasteiger partial charge on any atom is -0.494 e. The summed E-state index contributed by atoms with van der Waals surface area (Å²) in [6, 6.07) is 9.67. The molecule has 34 heavy (non-hydrogen) atoms. The molecule has 4 rings (SSSR count). The van der Waals surface area contributed by atoms with Crippen LogP contribution in [-0.2, 0) is 16.1 Å². The first-order valence-electron chi connectivity index (χ1n) is 12.4. The van der Waals surface area contributed by atoms with Crippen LogP contribution < -0.4 is 10.1 Å². The first-order valence-corrected chi connectivity index (χ1v) is 12.4. The lowest BCUT2D eigenvalue weighted by atomic mass is 9.91. The van der Waals surface area contributed by atoms with Gasteiger partial charge in [0.1, 0.15) is 17.0 Å². The lowest BCUT2D eigenvalue weighted by molar-refractivity contribution is -0.134. The maximum Gasteiger partial charge on any atom is 0.273 e. The van der Waals surface area contributed by atoms with Crippen LogP contribution in [0.5, 0.6) is 5.75 Å². The van der Waals surface area contributed by atoms with Crippen molar-refractivity contribution in [3.05, 3.63) is 36.0 Å². The van der Waals surface area contributed by atoms with Gasteiger partial charge in [0.25, 0.3) is 5.91 Å². The molecule has 0 saturated heterocycles. The highest BCUT2D eigenvalue weighted by atomic mass is 16.5. The van der Waals surface area contributed by atoms with Crippen molar-refractivity contribution in [2.75, 3.05) is 26.9 Å². The zero-order valence-electron chi connectivity index (χ0n) is 20.5. The topological polar surface area (TPSA) is 85.7 Å². The Morgan fingerprint density at radius 2 is 1.94 bits per heavy atom. The molecule has 1 aromatic carbocycles. The maximum absolute atomic E-state index is 13.6. The van der Waals surface area contributed by atoms with Crippen molar-refractivity contribution in [2.45, 2.75) is 70.5 Å². The van der Waals surface area contributed by atoms with Crippen LogP contribution in [0.2, 0.25) is 0 Å². The van der Waals surface area contributed by atoms with Gasteiger partial charge in [-0.15, -0.1) is 0 Å². The van der Waals surface area contributed by atoms with Crippen molar-refractivity contribution in [3.8, 4) is 17.0 Å². The molecule has 1 atom stereocenters. The molecule has 1 N–H and O–H groups in total. The summed E-state index contributed by atoms with van der Waals surface area (Å²) in [4.78, 5) is 28.9. The van der Waals surface area contributed by atoms with Crippen molar-refractivity contribution in [2.24, 2.45) is 0 Å². The van der Waals surface area contributed by atoms with Gasteiger partial charge in [0.15, 0.2) is 0 Å². The maximum atomic E-state index is 13.6. The summed E-state index contributed by atoms with van der Waals surface area (Å²) in [5, 5.41) is 7.96. The lowest BCUT2D eigenvalue weighted by Crippen LogP contribution is -2.65. The molecule has 8 nitrogen and oxygen atoms in total. The van der Waals surface area contributed by atoms with Gasteiger partial charge in [-0.25, -0.2) is 0 Å². The Labute approximate surface area is 201 Å². The van der Waals surface area contributed by atoms with E-state index in [4.69, 9.17) is 14.6 Å². The van der Waals surface area contributed by atoms with E-state index in [2.05, 4.69) is 5.32 Å². The van der Waals surface area contributed by atoms with Gasteiger partial charge in [0, 0.05) is 31.9 Å². The highest BCUT2D eigenvalue weighted by Crippen LogP contribution is 2.31. The molecule has 1 fully saturated rings. The third kappa shape index (κ3) is 4.97. The molecule has 0 radical (unpaired) electrons.